The average molecular weight is 133 g/mol. The van der Waals surface area contributed by atoms with Crippen LogP contribution in [0.4, 0.5) is 0 Å². The van der Waals surface area contributed by atoms with Gasteiger partial charge in [0.05, 0.1) is 5.55 Å². The van der Waals surface area contributed by atoms with E-state index in [-0.39, 0.29) is 5.12 Å². The van der Waals surface area contributed by atoms with E-state index in [2.05, 4.69) is 17.6 Å². The molecular formula is C3H3NOS2. The van der Waals surface area contributed by atoms with E-state index in [0.29, 0.717) is 0 Å². The van der Waals surface area contributed by atoms with Gasteiger partial charge in [-0.1, -0.05) is 0 Å². The van der Waals surface area contributed by atoms with Gasteiger partial charge in [0.25, 0.3) is 0 Å². The maximum absolute atomic E-state index is 10.3. The molecule has 1 atom stereocenters. The van der Waals surface area contributed by atoms with Crippen LogP contribution >= 0.6 is 24.4 Å². The van der Waals surface area contributed by atoms with E-state index in [1.54, 1.807) is 0 Å². The van der Waals surface area contributed by atoms with Crippen molar-refractivity contribution in [3.63, 3.8) is 0 Å². The van der Waals surface area contributed by atoms with Crippen molar-refractivity contribution in [2.45, 2.75) is 5.37 Å². The SMILES string of the molecule is O=C1SC=NC1S. The molecule has 0 aromatic carbocycles. The van der Waals surface area contributed by atoms with Gasteiger partial charge in [-0.05, 0) is 11.8 Å². The smallest absolute Gasteiger partial charge is 0.229 e. The fraction of sp³-hybridized carbons (Fsp3) is 0.333. The van der Waals surface area contributed by atoms with Crippen molar-refractivity contribution in [1.29, 1.82) is 0 Å². The molecule has 0 bridgehead atoms. The van der Waals surface area contributed by atoms with Gasteiger partial charge in [-0.3, -0.25) is 9.79 Å². The summed E-state index contributed by atoms with van der Waals surface area (Å²) in [6.07, 6.45) is 0. The van der Waals surface area contributed by atoms with E-state index < -0.39 is 5.37 Å². The van der Waals surface area contributed by atoms with Gasteiger partial charge in [0.15, 0.2) is 5.37 Å². The predicted octanol–water partition coefficient (Wildman–Crippen LogP) is 0.544. The predicted molar refractivity (Wildman–Crippen MR) is 33.9 cm³/mol. The first-order valence-corrected chi connectivity index (χ1v) is 3.10. The number of nitrogens with zero attached hydrogens (tertiary/aromatic N) is 1. The lowest BCUT2D eigenvalue weighted by Gasteiger charge is -1.86. The quantitative estimate of drug-likeness (QED) is 0.489. The Labute approximate surface area is 50.8 Å². The van der Waals surface area contributed by atoms with Crippen LogP contribution in [0.3, 0.4) is 0 Å². The summed E-state index contributed by atoms with van der Waals surface area (Å²) < 4.78 is 0. The third kappa shape index (κ3) is 0.978. The number of hydrogen-bond donors (Lipinski definition) is 1. The van der Waals surface area contributed by atoms with E-state index in [1.807, 2.05) is 0 Å². The molecule has 1 rings (SSSR count). The highest BCUT2D eigenvalue weighted by Gasteiger charge is 2.15. The molecule has 0 radical (unpaired) electrons. The second-order valence-electron chi connectivity index (χ2n) is 1.07. The maximum Gasteiger partial charge on any atom is 0.229 e. The maximum atomic E-state index is 10.3. The minimum absolute atomic E-state index is 0.0170. The molecule has 1 heterocycles. The molecule has 0 fully saturated rings. The summed E-state index contributed by atoms with van der Waals surface area (Å²) in [5.74, 6) is 0. The Kier molecular flexibility index (Phi) is 1.39. The Morgan fingerprint density at radius 2 is 2.71 bits per heavy atom. The minimum atomic E-state index is -0.398. The van der Waals surface area contributed by atoms with Crippen molar-refractivity contribution in [1.82, 2.24) is 0 Å². The molecule has 38 valence electrons. The molecule has 0 aromatic rings. The summed E-state index contributed by atoms with van der Waals surface area (Å²) in [7, 11) is 0. The van der Waals surface area contributed by atoms with E-state index in [4.69, 9.17) is 0 Å². The van der Waals surface area contributed by atoms with Crippen LogP contribution in [0, 0.1) is 0 Å². The van der Waals surface area contributed by atoms with Crippen molar-refractivity contribution < 1.29 is 4.79 Å². The molecule has 0 aromatic heterocycles. The topological polar surface area (TPSA) is 29.4 Å². The first kappa shape index (κ1) is 5.18. The Bertz CT molecular complexity index is 122. The van der Waals surface area contributed by atoms with Crippen molar-refractivity contribution in [3.05, 3.63) is 0 Å². The van der Waals surface area contributed by atoms with Crippen LogP contribution < -0.4 is 0 Å². The van der Waals surface area contributed by atoms with Crippen molar-refractivity contribution in [2.75, 3.05) is 0 Å². The number of rotatable bonds is 0. The molecule has 4 heteroatoms. The number of thiol groups is 1. The lowest BCUT2D eigenvalue weighted by molar-refractivity contribution is -0.110. The van der Waals surface area contributed by atoms with Gasteiger partial charge in [0.2, 0.25) is 5.12 Å². The molecule has 1 aliphatic rings. The van der Waals surface area contributed by atoms with Crippen molar-refractivity contribution in [2.24, 2.45) is 4.99 Å². The van der Waals surface area contributed by atoms with Crippen LogP contribution in [0.15, 0.2) is 4.99 Å². The molecule has 0 saturated heterocycles. The highest BCUT2D eigenvalue weighted by Crippen LogP contribution is 2.15. The van der Waals surface area contributed by atoms with E-state index in [9.17, 15) is 4.79 Å². The van der Waals surface area contributed by atoms with Crippen LogP contribution in [0.1, 0.15) is 0 Å². The number of thioether (sulfide) groups is 1. The lowest BCUT2D eigenvalue weighted by atomic mass is 10.7. The zero-order valence-corrected chi connectivity index (χ0v) is 5.08. The molecule has 0 aliphatic carbocycles. The zero-order valence-electron chi connectivity index (χ0n) is 3.37. The summed E-state index contributed by atoms with van der Waals surface area (Å²) in [6, 6.07) is 0. The van der Waals surface area contributed by atoms with Gasteiger partial charge in [0, 0.05) is 0 Å². The molecule has 1 aliphatic heterocycles. The normalized spacial score (nSPS) is 29.3. The highest BCUT2D eigenvalue weighted by molar-refractivity contribution is 8.26. The number of hydrogen-bond acceptors (Lipinski definition) is 4. The van der Waals surface area contributed by atoms with Crippen LogP contribution in [0.2, 0.25) is 0 Å². The Morgan fingerprint density at radius 3 is 2.86 bits per heavy atom. The summed E-state index contributed by atoms with van der Waals surface area (Å²) in [4.78, 5) is 14.0. The Morgan fingerprint density at radius 1 is 2.00 bits per heavy atom. The van der Waals surface area contributed by atoms with Gasteiger partial charge >= 0.3 is 0 Å². The van der Waals surface area contributed by atoms with E-state index >= 15 is 0 Å². The fourth-order valence-corrected chi connectivity index (χ4v) is 1.07. The van der Waals surface area contributed by atoms with Crippen LogP contribution in [-0.4, -0.2) is 16.0 Å². The first-order chi connectivity index (χ1) is 3.30. The lowest BCUT2D eigenvalue weighted by Crippen LogP contribution is -1.99. The number of aliphatic imine (C=N–C) groups is 1. The molecule has 0 N–H and O–H groups in total. The average Bonchev–Trinajstić information content (AvgIpc) is 1.91. The van der Waals surface area contributed by atoms with Gasteiger partial charge in [-0.15, -0.1) is 12.6 Å². The zero-order chi connectivity index (χ0) is 5.28. The van der Waals surface area contributed by atoms with Crippen LogP contribution in [-0.2, 0) is 4.79 Å². The molecule has 7 heavy (non-hydrogen) atoms. The molecular weight excluding hydrogens is 130 g/mol. The summed E-state index contributed by atoms with van der Waals surface area (Å²) in [6.45, 7) is 0. The molecule has 0 saturated carbocycles. The largest absolute Gasteiger partial charge is 0.283 e. The third-order valence-corrected chi connectivity index (χ3v) is 1.81. The minimum Gasteiger partial charge on any atom is -0.283 e. The first-order valence-electron chi connectivity index (χ1n) is 1.71. The van der Waals surface area contributed by atoms with Gasteiger partial charge in [-0.25, -0.2) is 0 Å². The summed E-state index contributed by atoms with van der Waals surface area (Å²) in [5, 5.41) is -0.381. The van der Waals surface area contributed by atoms with Gasteiger partial charge in [0.1, 0.15) is 0 Å². The van der Waals surface area contributed by atoms with Crippen molar-refractivity contribution >= 4 is 35.1 Å². The highest BCUT2D eigenvalue weighted by atomic mass is 32.2. The van der Waals surface area contributed by atoms with Gasteiger partial charge < -0.3 is 0 Å². The Balaban J connectivity index is 2.62. The van der Waals surface area contributed by atoms with Crippen LogP contribution in [0.5, 0.6) is 0 Å². The fourth-order valence-electron chi connectivity index (χ4n) is 0.262. The second-order valence-corrected chi connectivity index (χ2v) is 2.40. The number of carbonyl (C=O) groups excluding carboxylic acids is 1. The number of carbonyl (C=O) groups is 1. The molecule has 0 amide bonds. The standard InChI is InChI=1S/C3H3NOS2/c5-3-2(6)4-1-7-3/h1-2,6H. The van der Waals surface area contributed by atoms with Crippen molar-refractivity contribution in [3.8, 4) is 0 Å². The molecule has 2 nitrogen and oxygen atoms in total. The third-order valence-electron chi connectivity index (χ3n) is 0.582. The second kappa shape index (κ2) is 1.88. The van der Waals surface area contributed by atoms with E-state index in [1.165, 1.54) is 5.55 Å². The summed E-state index contributed by atoms with van der Waals surface area (Å²) in [5.41, 5.74) is 1.51. The molecule has 0 spiro atoms. The summed E-state index contributed by atoms with van der Waals surface area (Å²) >= 11 is 4.92. The van der Waals surface area contributed by atoms with E-state index in [0.717, 1.165) is 11.8 Å². The van der Waals surface area contributed by atoms with Crippen LogP contribution in [0.25, 0.3) is 0 Å². The Hall–Kier alpha value is 0.0400. The monoisotopic (exact) mass is 133 g/mol. The van der Waals surface area contributed by atoms with Gasteiger partial charge in [-0.2, -0.15) is 0 Å². The molecule has 1 unspecified atom stereocenters.